The van der Waals surface area contributed by atoms with Crippen LogP contribution in [0.15, 0.2) is 0 Å². The minimum atomic E-state index is -4.67. The van der Waals surface area contributed by atoms with E-state index < -0.39 is 51.1 Å². The number of unbranched alkanes of at least 4 members (excludes halogenated alkanes) is 11. The molecule has 0 aromatic heterocycles. The Labute approximate surface area is 221 Å². The number of rotatable bonds is 25. The number of ether oxygens (including phenoxy) is 2. The second-order valence-corrected chi connectivity index (χ2v) is 10.6. The number of phosphoric ester groups is 1. The monoisotopic (exact) mass is 553 g/mol. The third-order valence-corrected chi connectivity index (χ3v) is 6.56. The summed E-state index contributed by atoms with van der Waals surface area (Å²) < 4.78 is 31.8. The van der Waals surface area contributed by atoms with Crippen LogP contribution < -0.4 is 5.73 Å². The molecule has 0 spiro atoms. The van der Waals surface area contributed by atoms with E-state index in [0.29, 0.717) is 12.8 Å². The van der Waals surface area contributed by atoms with E-state index in [1.54, 1.807) is 0 Å². The first-order valence-corrected chi connectivity index (χ1v) is 15.1. The van der Waals surface area contributed by atoms with Gasteiger partial charge in [0.15, 0.2) is 6.10 Å². The van der Waals surface area contributed by atoms with Crippen molar-refractivity contribution in [3.63, 3.8) is 0 Å². The fourth-order valence-corrected chi connectivity index (χ4v) is 4.11. The molecular formula is C25H48NO10P. The Morgan fingerprint density at radius 3 is 1.76 bits per heavy atom. The van der Waals surface area contributed by atoms with Gasteiger partial charge in [0.05, 0.1) is 13.2 Å². The first kappa shape index (κ1) is 35.5. The van der Waals surface area contributed by atoms with Gasteiger partial charge in [-0.2, -0.15) is 0 Å². The lowest BCUT2D eigenvalue weighted by atomic mass is 10.1. The van der Waals surface area contributed by atoms with E-state index in [0.717, 1.165) is 25.7 Å². The minimum absolute atomic E-state index is 0.165. The zero-order valence-electron chi connectivity index (χ0n) is 22.6. The molecule has 0 rings (SSSR count). The lowest BCUT2D eigenvalue weighted by Crippen LogP contribution is -2.34. The number of carboxylic acids is 1. The SMILES string of the molecule is CCCCCCCCCCCCCC(=O)OC(COC(=O)CCCC)COP(=O)(O)OCC(N)C(=O)O. The first-order chi connectivity index (χ1) is 17.6. The van der Waals surface area contributed by atoms with Gasteiger partial charge in [0.1, 0.15) is 12.6 Å². The van der Waals surface area contributed by atoms with Gasteiger partial charge < -0.3 is 25.2 Å². The van der Waals surface area contributed by atoms with Crippen molar-refractivity contribution in [3.05, 3.63) is 0 Å². The van der Waals surface area contributed by atoms with Gasteiger partial charge in [-0.1, -0.05) is 84.5 Å². The number of carbonyl (C=O) groups excluding carboxylic acids is 2. The Hall–Kier alpha value is -1.52. The molecule has 0 amide bonds. The van der Waals surface area contributed by atoms with Gasteiger partial charge in [-0.05, 0) is 12.8 Å². The summed E-state index contributed by atoms with van der Waals surface area (Å²) in [6.07, 6.45) is 13.3. The zero-order chi connectivity index (χ0) is 27.9. The van der Waals surface area contributed by atoms with E-state index in [9.17, 15) is 23.8 Å². The van der Waals surface area contributed by atoms with Crippen molar-refractivity contribution in [3.8, 4) is 0 Å². The predicted molar refractivity (Wildman–Crippen MR) is 139 cm³/mol. The van der Waals surface area contributed by atoms with Crippen LogP contribution in [0.2, 0.25) is 0 Å². The van der Waals surface area contributed by atoms with E-state index in [1.165, 1.54) is 44.9 Å². The average Bonchev–Trinajstić information content (AvgIpc) is 2.86. The summed E-state index contributed by atoms with van der Waals surface area (Å²) in [4.78, 5) is 44.6. The van der Waals surface area contributed by atoms with Crippen LogP contribution in [0.4, 0.5) is 0 Å². The highest BCUT2D eigenvalue weighted by Crippen LogP contribution is 2.43. The Morgan fingerprint density at radius 2 is 1.22 bits per heavy atom. The highest BCUT2D eigenvalue weighted by atomic mass is 31.2. The number of carboxylic acid groups (broad SMARTS) is 1. The Bertz CT molecular complexity index is 676. The topological polar surface area (TPSA) is 172 Å². The van der Waals surface area contributed by atoms with Gasteiger partial charge in [0.25, 0.3) is 0 Å². The second kappa shape index (κ2) is 22.5. The fourth-order valence-electron chi connectivity index (χ4n) is 3.33. The summed E-state index contributed by atoms with van der Waals surface area (Å²) in [6.45, 7) is 2.45. The molecule has 0 heterocycles. The molecule has 0 aliphatic heterocycles. The van der Waals surface area contributed by atoms with Crippen molar-refractivity contribution in [2.24, 2.45) is 5.73 Å². The van der Waals surface area contributed by atoms with Crippen molar-refractivity contribution in [2.75, 3.05) is 19.8 Å². The molecule has 4 N–H and O–H groups in total. The molecule has 0 aliphatic rings. The molecule has 12 heteroatoms. The van der Waals surface area contributed by atoms with Crippen molar-refractivity contribution in [2.45, 2.75) is 122 Å². The van der Waals surface area contributed by atoms with Crippen LogP contribution in [0.3, 0.4) is 0 Å². The largest absolute Gasteiger partial charge is 0.480 e. The maximum atomic E-state index is 12.3. The van der Waals surface area contributed by atoms with E-state index in [2.05, 4.69) is 11.4 Å². The van der Waals surface area contributed by atoms with Gasteiger partial charge in [-0.3, -0.25) is 23.4 Å². The Balaban J connectivity index is 4.42. The second-order valence-electron chi connectivity index (χ2n) is 9.19. The summed E-state index contributed by atoms with van der Waals surface area (Å²) in [5.74, 6) is -2.42. The van der Waals surface area contributed by atoms with Crippen LogP contribution in [0.1, 0.15) is 110 Å². The summed E-state index contributed by atoms with van der Waals surface area (Å²) in [6, 6.07) is -1.51. The van der Waals surface area contributed by atoms with E-state index >= 15 is 0 Å². The Kier molecular flexibility index (Phi) is 21.5. The standard InChI is InChI=1S/C25H48NO10P/c1-3-5-7-8-9-10-11-12-13-14-15-17-24(28)36-21(18-33-23(27)16-6-4-2)19-34-37(31,32)35-20-22(26)25(29)30/h21-22H,3-20,26H2,1-2H3,(H,29,30)(H,31,32). The third kappa shape index (κ3) is 22.2. The molecule has 0 saturated carbocycles. The molecule has 11 nitrogen and oxygen atoms in total. The Morgan fingerprint density at radius 1 is 0.730 bits per heavy atom. The fraction of sp³-hybridized carbons (Fsp3) is 0.880. The van der Waals surface area contributed by atoms with Crippen LogP contribution >= 0.6 is 7.82 Å². The molecule has 0 radical (unpaired) electrons. The normalized spacial score (nSPS) is 14.5. The van der Waals surface area contributed by atoms with Crippen LogP contribution in [-0.2, 0) is 37.5 Å². The number of esters is 2. The molecule has 37 heavy (non-hydrogen) atoms. The smallest absolute Gasteiger partial charge is 0.472 e. The maximum Gasteiger partial charge on any atom is 0.472 e. The summed E-state index contributed by atoms with van der Waals surface area (Å²) >= 11 is 0. The average molecular weight is 554 g/mol. The molecule has 0 aromatic rings. The van der Waals surface area contributed by atoms with E-state index in [4.69, 9.17) is 24.8 Å². The third-order valence-electron chi connectivity index (χ3n) is 5.61. The van der Waals surface area contributed by atoms with Crippen molar-refractivity contribution in [1.82, 2.24) is 0 Å². The lowest BCUT2D eigenvalue weighted by Gasteiger charge is -2.20. The van der Waals surface area contributed by atoms with Crippen molar-refractivity contribution in [1.29, 1.82) is 0 Å². The molecule has 0 fully saturated rings. The van der Waals surface area contributed by atoms with E-state index in [1.807, 2.05) is 6.92 Å². The predicted octanol–water partition coefficient (Wildman–Crippen LogP) is 4.88. The molecular weight excluding hydrogens is 505 g/mol. The number of aliphatic carboxylic acids is 1. The molecule has 0 bridgehead atoms. The molecule has 3 unspecified atom stereocenters. The first-order valence-electron chi connectivity index (χ1n) is 13.6. The molecule has 0 aliphatic carbocycles. The van der Waals surface area contributed by atoms with Crippen LogP contribution in [0.25, 0.3) is 0 Å². The molecule has 218 valence electrons. The van der Waals surface area contributed by atoms with Gasteiger partial charge >= 0.3 is 25.7 Å². The van der Waals surface area contributed by atoms with Gasteiger partial charge in [-0.15, -0.1) is 0 Å². The van der Waals surface area contributed by atoms with Crippen LogP contribution in [-0.4, -0.2) is 59.9 Å². The maximum absolute atomic E-state index is 12.3. The van der Waals surface area contributed by atoms with Gasteiger partial charge in [-0.25, -0.2) is 4.57 Å². The molecule has 0 aromatic carbocycles. The number of carbonyl (C=O) groups is 3. The quantitative estimate of drug-likeness (QED) is 0.0799. The highest BCUT2D eigenvalue weighted by molar-refractivity contribution is 7.47. The number of hydrogen-bond donors (Lipinski definition) is 3. The number of nitrogens with two attached hydrogens (primary N) is 1. The summed E-state index contributed by atoms with van der Waals surface area (Å²) in [5, 5.41) is 8.74. The summed E-state index contributed by atoms with van der Waals surface area (Å²) in [7, 11) is -4.67. The van der Waals surface area contributed by atoms with Crippen molar-refractivity contribution >= 4 is 25.7 Å². The summed E-state index contributed by atoms with van der Waals surface area (Å²) in [5.41, 5.74) is 5.24. The van der Waals surface area contributed by atoms with Crippen molar-refractivity contribution < 1.29 is 47.5 Å². The van der Waals surface area contributed by atoms with Crippen LogP contribution in [0, 0.1) is 0 Å². The van der Waals surface area contributed by atoms with Gasteiger partial charge in [0.2, 0.25) is 0 Å². The zero-order valence-corrected chi connectivity index (χ0v) is 23.5. The number of phosphoric acid groups is 1. The van der Waals surface area contributed by atoms with Gasteiger partial charge in [0, 0.05) is 12.8 Å². The minimum Gasteiger partial charge on any atom is -0.480 e. The van der Waals surface area contributed by atoms with E-state index in [-0.39, 0.29) is 19.4 Å². The number of hydrogen-bond acceptors (Lipinski definition) is 9. The molecule has 3 atom stereocenters. The van der Waals surface area contributed by atoms with Crippen LogP contribution in [0.5, 0.6) is 0 Å². The molecule has 0 saturated heterocycles. The highest BCUT2D eigenvalue weighted by Gasteiger charge is 2.28. The lowest BCUT2D eigenvalue weighted by molar-refractivity contribution is -0.161.